The van der Waals surface area contributed by atoms with E-state index in [1.807, 2.05) is 12.1 Å². The molecule has 0 spiro atoms. The summed E-state index contributed by atoms with van der Waals surface area (Å²) in [7, 11) is 0. The Kier molecular flexibility index (Phi) is 7.41. The molecule has 0 saturated heterocycles. The van der Waals surface area contributed by atoms with Crippen molar-refractivity contribution in [3.8, 4) is 0 Å². The van der Waals surface area contributed by atoms with Gasteiger partial charge in [0.2, 0.25) is 5.91 Å². The van der Waals surface area contributed by atoms with Crippen molar-refractivity contribution in [2.45, 2.75) is 27.2 Å². The Labute approximate surface area is 122 Å². The van der Waals surface area contributed by atoms with Crippen LogP contribution in [0.4, 0.5) is 0 Å². The molecular weight excluding hydrogens is 246 g/mol. The van der Waals surface area contributed by atoms with E-state index in [1.54, 1.807) is 12.2 Å². The first-order valence-electron chi connectivity index (χ1n) is 7.24. The van der Waals surface area contributed by atoms with Crippen LogP contribution in [-0.4, -0.2) is 12.5 Å². The van der Waals surface area contributed by atoms with E-state index in [0.717, 1.165) is 13.0 Å². The van der Waals surface area contributed by atoms with Gasteiger partial charge in [-0.2, -0.15) is 0 Å². The van der Waals surface area contributed by atoms with Crippen LogP contribution in [0.15, 0.2) is 54.6 Å². The van der Waals surface area contributed by atoms with Gasteiger partial charge >= 0.3 is 0 Å². The SMILES string of the molecule is CC(C)CNC(=O)/C=C/C=C\C(C)Cc1ccccc1. The fourth-order valence-electron chi connectivity index (χ4n) is 1.81. The van der Waals surface area contributed by atoms with Crippen LogP contribution < -0.4 is 5.32 Å². The number of carbonyl (C=O) groups excluding carboxylic acids is 1. The second-order valence-electron chi connectivity index (χ2n) is 5.55. The van der Waals surface area contributed by atoms with Crippen molar-refractivity contribution >= 4 is 5.91 Å². The standard InChI is InChI=1S/C18H25NO/c1-15(2)14-19-18(20)12-8-7-9-16(3)13-17-10-5-4-6-11-17/h4-12,15-16H,13-14H2,1-3H3,(H,19,20)/b9-7-,12-8+. The van der Waals surface area contributed by atoms with Gasteiger partial charge in [-0.1, -0.05) is 69.3 Å². The Morgan fingerprint density at radius 1 is 1.15 bits per heavy atom. The number of nitrogens with one attached hydrogen (secondary N) is 1. The van der Waals surface area contributed by atoms with Crippen LogP contribution in [0.2, 0.25) is 0 Å². The van der Waals surface area contributed by atoms with Gasteiger partial charge in [-0.3, -0.25) is 4.79 Å². The van der Waals surface area contributed by atoms with E-state index in [2.05, 4.69) is 56.4 Å². The molecule has 2 nitrogen and oxygen atoms in total. The zero-order valence-corrected chi connectivity index (χ0v) is 12.7. The molecule has 1 N–H and O–H groups in total. The first-order chi connectivity index (χ1) is 9.58. The van der Waals surface area contributed by atoms with Crippen LogP contribution >= 0.6 is 0 Å². The predicted octanol–water partition coefficient (Wildman–Crippen LogP) is 3.75. The molecule has 1 unspecified atom stereocenters. The fraction of sp³-hybridized carbons (Fsp3) is 0.389. The van der Waals surface area contributed by atoms with Crippen molar-refractivity contribution in [1.82, 2.24) is 5.32 Å². The van der Waals surface area contributed by atoms with Crippen LogP contribution in [0, 0.1) is 11.8 Å². The van der Waals surface area contributed by atoms with Gasteiger partial charge in [0.05, 0.1) is 0 Å². The maximum atomic E-state index is 11.5. The third kappa shape index (κ3) is 7.57. The molecule has 1 atom stereocenters. The number of hydrogen-bond acceptors (Lipinski definition) is 1. The molecule has 0 fully saturated rings. The topological polar surface area (TPSA) is 29.1 Å². The second-order valence-corrected chi connectivity index (χ2v) is 5.55. The average molecular weight is 271 g/mol. The molecule has 0 aromatic heterocycles. The number of carbonyl (C=O) groups is 1. The summed E-state index contributed by atoms with van der Waals surface area (Å²) in [6.45, 7) is 7.05. The van der Waals surface area contributed by atoms with Crippen LogP contribution in [0.5, 0.6) is 0 Å². The highest BCUT2D eigenvalue weighted by Gasteiger charge is 1.98. The zero-order valence-electron chi connectivity index (χ0n) is 12.7. The minimum atomic E-state index is -0.0286. The molecule has 2 heteroatoms. The molecule has 20 heavy (non-hydrogen) atoms. The predicted molar refractivity (Wildman–Crippen MR) is 85.4 cm³/mol. The molecule has 1 aromatic rings. The smallest absolute Gasteiger partial charge is 0.243 e. The summed E-state index contributed by atoms with van der Waals surface area (Å²) >= 11 is 0. The van der Waals surface area contributed by atoms with Crippen LogP contribution in [0.1, 0.15) is 26.3 Å². The summed E-state index contributed by atoms with van der Waals surface area (Å²) in [5, 5.41) is 2.85. The monoisotopic (exact) mass is 271 g/mol. The van der Waals surface area contributed by atoms with Crippen molar-refractivity contribution in [1.29, 1.82) is 0 Å². The Morgan fingerprint density at radius 2 is 1.85 bits per heavy atom. The first-order valence-corrected chi connectivity index (χ1v) is 7.24. The Balaban J connectivity index is 2.31. The van der Waals surface area contributed by atoms with Gasteiger partial charge in [-0.05, 0) is 23.8 Å². The summed E-state index contributed by atoms with van der Waals surface area (Å²) in [6.07, 6.45) is 8.47. The average Bonchev–Trinajstić information content (AvgIpc) is 2.42. The van der Waals surface area contributed by atoms with Crippen LogP contribution in [0.25, 0.3) is 0 Å². The van der Waals surface area contributed by atoms with Gasteiger partial charge < -0.3 is 5.32 Å². The lowest BCUT2D eigenvalue weighted by atomic mass is 10.0. The van der Waals surface area contributed by atoms with Gasteiger partial charge in [-0.15, -0.1) is 0 Å². The quantitative estimate of drug-likeness (QED) is 0.594. The van der Waals surface area contributed by atoms with E-state index in [-0.39, 0.29) is 5.91 Å². The molecule has 0 bridgehead atoms. The summed E-state index contributed by atoms with van der Waals surface area (Å²) in [6, 6.07) is 10.4. The van der Waals surface area contributed by atoms with Gasteiger partial charge in [-0.25, -0.2) is 0 Å². The lowest BCUT2D eigenvalue weighted by Crippen LogP contribution is -2.25. The molecular formula is C18H25NO. The number of amides is 1. The van der Waals surface area contributed by atoms with Crippen molar-refractivity contribution in [3.05, 3.63) is 60.2 Å². The molecule has 0 heterocycles. The van der Waals surface area contributed by atoms with Gasteiger partial charge in [0.15, 0.2) is 0 Å². The second kappa shape index (κ2) is 9.13. The summed E-state index contributed by atoms with van der Waals surface area (Å²) in [4.78, 5) is 11.5. The number of hydrogen-bond donors (Lipinski definition) is 1. The first kappa shape index (κ1) is 16.2. The lowest BCUT2D eigenvalue weighted by molar-refractivity contribution is -0.116. The number of rotatable bonds is 7. The van der Waals surface area contributed by atoms with E-state index in [1.165, 1.54) is 5.56 Å². The summed E-state index contributed by atoms with van der Waals surface area (Å²) in [5.41, 5.74) is 1.34. The third-order valence-corrected chi connectivity index (χ3v) is 2.88. The molecule has 0 aliphatic carbocycles. The highest BCUT2D eigenvalue weighted by atomic mass is 16.1. The maximum Gasteiger partial charge on any atom is 0.243 e. The largest absolute Gasteiger partial charge is 0.352 e. The van der Waals surface area contributed by atoms with E-state index >= 15 is 0 Å². The van der Waals surface area contributed by atoms with Crippen molar-refractivity contribution in [3.63, 3.8) is 0 Å². The molecule has 1 aromatic carbocycles. The molecule has 1 rings (SSSR count). The Hall–Kier alpha value is -1.83. The highest BCUT2D eigenvalue weighted by molar-refractivity contribution is 5.87. The normalized spacial score (nSPS) is 13.2. The Bertz CT molecular complexity index is 446. The molecule has 0 radical (unpaired) electrons. The van der Waals surface area contributed by atoms with Crippen molar-refractivity contribution < 1.29 is 4.79 Å². The minimum Gasteiger partial charge on any atom is -0.352 e. The lowest BCUT2D eigenvalue weighted by Gasteiger charge is -2.05. The zero-order chi connectivity index (χ0) is 14.8. The molecule has 108 valence electrons. The third-order valence-electron chi connectivity index (χ3n) is 2.88. The van der Waals surface area contributed by atoms with Crippen molar-refractivity contribution in [2.24, 2.45) is 11.8 Å². The van der Waals surface area contributed by atoms with Gasteiger partial charge in [0, 0.05) is 12.6 Å². The van der Waals surface area contributed by atoms with E-state index in [0.29, 0.717) is 11.8 Å². The highest BCUT2D eigenvalue weighted by Crippen LogP contribution is 2.09. The molecule has 0 aliphatic heterocycles. The van der Waals surface area contributed by atoms with E-state index < -0.39 is 0 Å². The van der Waals surface area contributed by atoms with E-state index in [4.69, 9.17) is 0 Å². The number of allylic oxidation sites excluding steroid dienone is 3. The van der Waals surface area contributed by atoms with Gasteiger partial charge in [0.1, 0.15) is 0 Å². The maximum absolute atomic E-state index is 11.5. The molecule has 0 saturated carbocycles. The summed E-state index contributed by atoms with van der Waals surface area (Å²) < 4.78 is 0. The number of benzene rings is 1. The van der Waals surface area contributed by atoms with Crippen LogP contribution in [-0.2, 0) is 11.2 Å². The Morgan fingerprint density at radius 3 is 2.50 bits per heavy atom. The van der Waals surface area contributed by atoms with Gasteiger partial charge in [0.25, 0.3) is 0 Å². The summed E-state index contributed by atoms with van der Waals surface area (Å²) in [5.74, 6) is 0.911. The van der Waals surface area contributed by atoms with Crippen LogP contribution in [0.3, 0.4) is 0 Å². The molecule has 1 amide bonds. The minimum absolute atomic E-state index is 0.0286. The fourth-order valence-corrected chi connectivity index (χ4v) is 1.81. The van der Waals surface area contributed by atoms with E-state index in [9.17, 15) is 4.79 Å². The van der Waals surface area contributed by atoms with Crippen molar-refractivity contribution in [2.75, 3.05) is 6.54 Å². The molecule has 0 aliphatic rings.